The molecule has 1 aliphatic rings. The van der Waals surface area contributed by atoms with E-state index in [1.807, 2.05) is 0 Å². The maximum absolute atomic E-state index is 11.9. The van der Waals surface area contributed by atoms with Crippen LogP contribution in [0.1, 0.15) is 28.1 Å². The zero-order valence-electron chi connectivity index (χ0n) is 9.65. The van der Waals surface area contributed by atoms with E-state index >= 15 is 0 Å². The molecule has 2 amide bonds. The summed E-state index contributed by atoms with van der Waals surface area (Å²) < 4.78 is 0. The first-order chi connectivity index (χ1) is 8.49. The first kappa shape index (κ1) is 12.6. The van der Waals surface area contributed by atoms with Gasteiger partial charge in [-0.3, -0.25) is 9.59 Å². The molecule has 1 saturated heterocycles. The van der Waals surface area contributed by atoms with Crippen molar-refractivity contribution in [2.24, 2.45) is 0 Å². The number of anilines is 1. The number of aromatic carboxylic acids is 1. The topological polar surface area (TPSA) is 95.5 Å². The molecule has 1 aliphatic heterocycles. The molecule has 2 rings (SSSR count). The molecule has 0 spiro atoms. The number of carbonyl (C=O) groups excluding carboxylic acids is 2. The fourth-order valence-corrected chi connectivity index (χ4v) is 2.62. The average Bonchev–Trinajstić information content (AvgIpc) is 2.87. The number of thiophene rings is 1. The van der Waals surface area contributed by atoms with Crippen molar-refractivity contribution in [3.8, 4) is 0 Å². The Balaban J connectivity index is 2.14. The lowest BCUT2D eigenvalue weighted by Gasteiger charge is -2.11. The van der Waals surface area contributed by atoms with Gasteiger partial charge in [-0.25, -0.2) is 4.79 Å². The van der Waals surface area contributed by atoms with Crippen LogP contribution in [0.2, 0.25) is 0 Å². The van der Waals surface area contributed by atoms with Crippen LogP contribution in [-0.4, -0.2) is 28.9 Å². The van der Waals surface area contributed by atoms with Crippen LogP contribution in [-0.2, 0) is 9.59 Å². The van der Waals surface area contributed by atoms with E-state index in [-0.39, 0.29) is 16.7 Å². The Bertz CT molecular complexity index is 523. The van der Waals surface area contributed by atoms with Crippen molar-refractivity contribution in [2.45, 2.75) is 25.8 Å². The van der Waals surface area contributed by atoms with Gasteiger partial charge >= 0.3 is 5.97 Å². The number of carboxylic acids is 1. The Hall–Kier alpha value is -1.89. The third kappa shape index (κ3) is 2.35. The fourth-order valence-electron chi connectivity index (χ4n) is 1.78. The molecule has 3 N–H and O–H groups in total. The highest BCUT2D eigenvalue weighted by Gasteiger charge is 2.28. The Morgan fingerprint density at radius 2 is 2.28 bits per heavy atom. The quantitative estimate of drug-likeness (QED) is 0.761. The van der Waals surface area contributed by atoms with Crippen molar-refractivity contribution >= 4 is 34.8 Å². The highest BCUT2D eigenvalue weighted by atomic mass is 32.1. The maximum Gasteiger partial charge on any atom is 0.348 e. The monoisotopic (exact) mass is 268 g/mol. The standard InChI is InChI=1S/C11H12N2O4S/c1-5-4-18-9(11(16)17)8(5)13-10(15)6-2-3-7(14)12-6/h4,6H,2-3H2,1H3,(H,12,14)(H,13,15)(H,16,17)/t6-/m0/s1. The molecule has 0 bridgehead atoms. The lowest BCUT2D eigenvalue weighted by atomic mass is 10.2. The average molecular weight is 268 g/mol. The fraction of sp³-hybridized carbons (Fsp3) is 0.364. The van der Waals surface area contributed by atoms with Crippen LogP contribution in [0.25, 0.3) is 0 Å². The highest BCUT2D eigenvalue weighted by molar-refractivity contribution is 7.12. The second-order valence-corrected chi connectivity index (χ2v) is 4.96. The van der Waals surface area contributed by atoms with Gasteiger partial charge in [0.2, 0.25) is 11.8 Å². The molecule has 2 heterocycles. The summed E-state index contributed by atoms with van der Waals surface area (Å²) in [6, 6.07) is -0.571. The zero-order valence-corrected chi connectivity index (χ0v) is 10.5. The first-order valence-electron chi connectivity index (χ1n) is 5.40. The Morgan fingerprint density at radius 3 is 2.83 bits per heavy atom. The molecule has 18 heavy (non-hydrogen) atoms. The number of hydrogen-bond donors (Lipinski definition) is 3. The predicted octanol–water partition coefficient (Wildman–Crippen LogP) is 0.972. The van der Waals surface area contributed by atoms with E-state index in [4.69, 9.17) is 5.11 Å². The van der Waals surface area contributed by atoms with Crippen molar-refractivity contribution in [1.82, 2.24) is 5.32 Å². The van der Waals surface area contributed by atoms with E-state index in [9.17, 15) is 14.4 Å². The molecule has 0 unspecified atom stereocenters. The van der Waals surface area contributed by atoms with Crippen LogP contribution in [0.15, 0.2) is 5.38 Å². The van der Waals surface area contributed by atoms with Crippen molar-refractivity contribution < 1.29 is 19.5 Å². The summed E-state index contributed by atoms with van der Waals surface area (Å²) in [7, 11) is 0. The summed E-state index contributed by atoms with van der Waals surface area (Å²) in [5.41, 5.74) is 1.02. The van der Waals surface area contributed by atoms with Crippen LogP contribution in [0.3, 0.4) is 0 Å². The molecule has 0 aromatic carbocycles. The minimum Gasteiger partial charge on any atom is -0.477 e. The number of carboxylic acid groups (broad SMARTS) is 1. The Kier molecular flexibility index (Phi) is 3.33. The maximum atomic E-state index is 11.9. The first-order valence-corrected chi connectivity index (χ1v) is 6.28. The lowest BCUT2D eigenvalue weighted by Crippen LogP contribution is -2.37. The van der Waals surface area contributed by atoms with Crippen molar-refractivity contribution in [2.75, 3.05) is 5.32 Å². The molecule has 1 aromatic rings. The lowest BCUT2D eigenvalue weighted by molar-refractivity contribution is -0.122. The van der Waals surface area contributed by atoms with Crippen LogP contribution < -0.4 is 10.6 Å². The molecule has 0 aliphatic carbocycles. The van der Waals surface area contributed by atoms with E-state index in [2.05, 4.69) is 10.6 Å². The van der Waals surface area contributed by atoms with Gasteiger partial charge in [-0.05, 0) is 24.3 Å². The van der Waals surface area contributed by atoms with Gasteiger partial charge in [-0.2, -0.15) is 0 Å². The SMILES string of the molecule is Cc1csc(C(=O)O)c1NC(=O)[C@@H]1CCC(=O)N1. The van der Waals surface area contributed by atoms with E-state index in [1.165, 1.54) is 0 Å². The molecule has 0 saturated carbocycles. The van der Waals surface area contributed by atoms with Gasteiger partial charge < -0.3 is 15.7 Å². The summed E-state index contributed by atoms with van der Waals surface area (Å²) in [4.78, 5) is 34.0. The number of hydrogen-bond acceptors (Lipinski definition) is 4. The molecule has 1 fully saturated rings. The van der Waals surface area contributed by atoms with E-state index < -0.39 is 12.0 Å². The zero-order chi connectivity index (χ0) is 13.3. The van der Waals surface area contributed by atoms with E-state index in [1.54, 1.807) is 12.3 Å². The Labute approximate surface area is 107 Å². The second kappa shape index (κ2) is 4.77. The minimum atomic E-state index is -1.07. The number of rotatable bonds is 3. The van der Waals surface area contributed by atoms with E-state index in [0.29, 0.717) is 24.1 Å². The number of carbonyl (C=O) groups is 3. The van der Waals surface area contributed by atoms with Gasteiger partial charge in [-0.1, -0.05) is 0 Å². The summed E-state index contributed by atoms with van der Waals surface area (Å²) in [5, 5.41) is 15.8. The van der Waals surface area contributed by atoms with Gasteiger partial charge in [0.25, 0.3) is 0 Å². The third-order valence-electron chi connectivity index (χ3n) is 2.73. The largest absolute Gasteiger partial charge is 0.477 e. The molecular weight excluding hydrogens is 256 g/mol. The number of nitrogens with one attached hydrogen (secondary N) is 2. The van der Waals surface area contributed by atoms with Crippen molar-refractivity contribution in [3.05, 3.63) is 15.8 Å². The molecule has 96 valence electrons. The van der Waals surface area contributed by atoms with Crippen LogP contribution in [0.5, 0.6) is 0 Å². The molecule has 0 radical (unpaired) electrons. The van der Waals surface area contributed by atoms with Gasteiger partial charge in [0.15, 0.2) is 0 Å². The van der Waals surface area contributed by atoms with Crippen LogP contribution in [0.4, 0.5) is 5.69 Å². The summed E-state index contributed by atoms with van der Waals surface area (Å²) in [6.07, 6.45) is 0.767. The van der Waals surface area contributed by atoms with Crippen molar-refractivity contribution in [1.29, 1.82) is 0 Å². The van der Waals surface area contributed by atoms with Gasteiger partial charge in [-0.15, -0.1) is 11.3 Å². The molecular formula is C11H12N2O4S. The molecule has 6 nitrogen and oxygen atoms in total. The second-order valence-electron chi connectivity index (χ2n) is 4.08. The minimum absolute atomic E-state index is 0.102. The normalized spacial score (nSPS) is 18.5. The van der Waals surface area contributed by atoms with Gasteiger partial charge in [0.05, 0.1) is 5.69 Å². The molecule has 1 aromatic heterocycles. The smallest absolute Gasteiger partial charge is 0.348 e. The summed E-state index contributed by atoms with van der Waals surface area (Å²) in [6.45, 7) is 1.73. The highest BCUT2D eigenvalue weighted by Crippen LogP contribution is 2.28. The molecule has 1 atom stereocenters. The number of amides is 2. The van der Waals surface area contributed by atoms with Crippen molar-refractivity contribution in [3.63, 3.8) is 0 Å². The van der Waals surface area contributed by atoms with Gasteiger partial charge in [0.1, 0.15) is 10.9 Å². The third-order valence-corrected chi connectivity index (χ3v) is 3.82. The molecule has 7 heteroatoms. The van der Waals surface area contributed by atoms with Crippen LogP contribution >= 0.6 is 11.3 Å². The summed E-state index contributed by atoms with van der Waals surface area (Å²) >= 11 is 1.07. The Morgan fingerprint density at radius 1 is 1.56 bits per heavy atom. The summed E-state index contributed by atoms with van der Waals surface area (Å²) in [5.74, 6) is -1.60. The predicted molar refractivity (Wildman–Crippen MR) is 65.8 cm³/mol. The van der Waals surface area contributed by atoms with E-state index in [0.717, 1.165) is 11.3 Å². The number of aryl methyl sites for hydroxylation is 1. The van der Waals surface area contributed by atoms with Crippen LogP contribution in [0, 0.1) is 6.92 Å². The van der Waals surface area contributed by atoms with Gasteiger partial charge in [0, 0.05) is 6.42 Å².